The molecule has 2 N–H and O–H groups in total. The zero-order valence-corrected chi connectivity index (χ0v) is 10.9. The molecule has 19 heavy (non-hydrogen) atoms. The first-order valence-electron chi connectivity index (χ1n) is 6.40. The molecule has 0 amide bonds. The Morgan fingerprint density at radius 3 is 2.21 bits per heavy atom. The van der Waals surface area contributed by atoms with E-state index in [2.05, 4.69) is 5.32 Å². The van der Waals surface area contributed by atoms with Crippen LogP contribution < -0.4 is 5.32 Å². The summed E-state index contributed by atoms with van der Waals surface area (Å²) in [6.07, 6.45) is 0.727. The molecule has 0 bridgehead atoms. The fourth-order valence-corrected chi connectivity index (χ4v) is 2.17. The maximum Gasteiger partial charge on any atom is 0.123 e. The van der Waals surface area contributed by atoms with E-state index >= 15 is 0 Å². The topological polar surface area (TPSA) is 32.3 Å². The van der Waals surface area contributed by atoms with Crippen molar-refractivity contribution in [2.75, 3.05) is 11.9 Å². The molecule has 0 aliphatic heterocycles. The summed E-state index contributed by atoms with van der Waals surface area (Å²) in [4.78, 5) is 0. The fourth-order valence-electron chi connectivity index (χ4n) is 2.17. The molecular formula is C16H18FNO. The van der Waals surface area contributed by atoms with Crippen LogP contribution >= 0.6 is 0 Å². The second-order valence-electron chi connectivity index (χ2n) is 4.59. The first kappa shape index (κ1) is 13.6. The van der Waals surface area contributed by atoms with Crippen LogP contribution in [0.4, 0.5) is 10.1 Å². The molecule has 2 rings (SSSR count). The van der Waals surface area contributed by atoms with E-state index in [1.165, 1.54) is 12.1 Å². The Kier molecular flexibility index (Phi) is 4.17. The van der Waals surface area contributed by atoms with Crippen LogP contribution in [0.2, 0.25) is 0 Å². The Morgan fingerprint density at radius 2 is 1.68 bits per heavy atom. The van der Waals surface area contributed by atoms with Gasteiger partial charge in [-0.15, -0.1) is 0 Å². The van der Waals surface area contributed by atoms with E-state index in [9.17, 15) is 9.50 Å². The summed E-state index contributed by atoms with van der Waals surface area (Å²) < 4.78 is 12.9. The molecule has 0 aliphatic carbocycles. The van der Waals surface area contributed by atoms with Gasteiger partial charge in [-0.2, -0.15) is 0 Å². The molecule has 3 heteroatoms. The van der Waals surface area contributed by atoms with Crippen molar-refractivity contribution in [2.24, 2.45) is 0 Å². The summed E-state index contributed by atoms with van der Waals surface area (Å²) in [6.45, 7) is 1.99. The average molecular weight is 259 g/mol. The maximum atomic E-state index is 12.9. The third kappa shape index (κ3) is 2.93. The van der Waals surface area contributed by atoms with Crippen LogP contribution in [0.1, 0.15) is 18.9 Å². The Hall–Kier alpha value is -1.87. The van der Waals surface area contributed by atoms with Crippen LogP contribution in [0.5, 0.6) is 0 Å². The van der Waals surface area contributed by atoms with Crippen molar-refractivity contribution in [3.8, 4) is 0 Å². The van der Waals surface area contributed by atoms with Crippen molar-refractivity contribution in [2.45, 2.75) is 18.9 Å². The Labute approximate surface area is 112 Å². The lowest BCUT2D eigenvalue weighted by Gasteiger charge is -2.33. The number of hydrogen-bond donors (Lipinski definition) is 2. The normalized spacial score (nSPS) is 13.8. The van der Waals surface area contributed by atoms with Crippen LogP contribution in [-0.2, 0) is 5.54 Å². The number of rotatable bonds is 5. The van der Waals surface area contributed by atoms with Crippen molar-refractivity contribution in [1.29, 1.82) is 0 Å². The van der Waals surface area contributed by atoms with E-state index in [1.54, 1.807) is 12.1 Å². The van der Waals surface area contributed by atoms with Gasteiger partial charge >= 0.3 is 0 Å². The van der Waals surface area contributed by atoms with Crippen LogP contribution in [-0.4, -0.2) is 11.7 Å². The van der Waals surface area contributed by atoms with E-state index in [1.807, 2.05) is 37.3 Å². The molecule has 1 atom stereocenters. The van der Waals surface area contributed by atoms with Gasteiger partial charge in [-0.1, -0.05) is 37.3 Å². The fraction of sp³-hybridized carbons (Fsp3) is 0.250. The molecule has 2 aromatic rings. The first-order chi connectivity index (χ1) is 9.20. The largest absolute Gasteiger partial charge is 0.394 e. The van der Waals surface area contributed by atoms with E-state index in [0.29, 0.717) is 0 Å². The standard InChI is InChI=1S/C16H18FNO/c1-2-16(12-19,13-6-4-3-5-7-13)18-15-10-8-14(17)9-11-15/h3-11,18-19H,2,12H2,1H3. The third-order valence-corrected chi connectivity index (χ3v) is 3.43. The molecule has 0 aliphatic rings. The Morgan fingerprint density at radius 1 is 1.05 bits per heavy atom. The van der Waals surface area contributed by atoms with Crippen molar-refractivity contribution < 1.29 is 9.50 Å². The molecule has 0 aromatic heterocycles. The van der Waals surface area contributed by atoms with Crippen LogP contribution in [0.15, 0.2) is 54.6 Å². The molecule has 1 unspecified atom stereocenters. The predicted molar refractivity (Wildman–Crippen MR) is 75.5 cm³/mol. The number of nitrogens with one attached hydrogen (secondary N) is 1. The number of hydrogen-bond acceptors (Lipinski definition) is 2. The third-order valence-electron chi connectivity index (χ3n) is 3.43. The Balaban J connectivity index is 2.32. The highest BCUT2D eigenvalue weighted by Crippen LogP contribution is 2.29. The molecule has 100 valence electrons. The van der Waals surface area contributed by atoms with Gasteiger partial charge < -0.3 is 10.4 Å². The zero-order valence-electron chi connectivity index (χ0n) is 10.9. The number of aliphatic hydroxyl groups excluding tert-OH is 1. The van der Waals surface area contributed by atoms with Gasteiger partial charge in [0.25, 0.3) is 0 Å². The quantitative estimate of drug-likeness (QED) is 0.861. The minimum absolute atomic E-state index is 0.0229. The van der Waals surface area contributed by atoms with Crippen LogP contribution in [0.25, 0.3) is 0 Å². The van der Waals surface area contributed by atoms with Crippen LogP contribution in [0, 0.1) is 5.82 Å². The molecule has 2 aromatic carbocycles. The highest BCUT2D eigenvalue weighted by atomic mass is 19.1. The van der Waals surface area contributed by atoms with Crippen molar-refractivity contribution >= 4 is 5.69 Å². The SMILES string of the molecule is CCC(CO)(Nc1ccc(F)cc1)c1ccccc1. The number of anilines is 1. The summed E-state index contributed by atoms with van der Waals surface area (Å²) in [5.74, 6) is -0.267. The molecule has 0 heterocycles. The summed E-state index contributed by atoms with van der Waals surface area (Å²) in [5.41, 5.74) is 1.27. The monoisotopic (exact) mass is 259 g/mol. The van der Waals surface area contributed by atoms with Crippen molar-refractivity contribution in [3.05, 3.63) is 66.0 Å². The highest BCUT2D eigenvalue weighted by Gasteiger charge is 2.29. The van der Waals surface area contributed by atoms with Gasteiger partial charge in [0.1, 0.15) is 5.82 Å². The van der Waals surface area contributed by atoms with Crippen molar-refractivity contribution in [3.63, 3.8) is 0 Å². The Bertz CT molecular complexity index is 506. The molecule has 2 nitrogen and oxygen atoms in total. The van der Waals surface area contributed by atoms with Crippen LogP contribution in [0.3, 0.4) is 0 Å². The minimum Gasteiger partial charge on any atom is -0.394 e. The lowest BCUT2D eigenvalue weighted by atomic mass is 9.87. The summed E-state index contributed by atoms with van der Waals surface area (Å²) in [7, 11) is 0. The van der Waals surface area contributed by atoms with E-state index in [4.69, 9.17) is 0 Å². The lowest BCUT2D eigenvalue weighted by Crippen LogP contribution is -2.38. The van der Waals surface area contributed by atoms with Gasteiger partial charge in [0.15, 0.2) is 0 Å². The van der Waals surface area contributed by atoms with Crippen molar-refractivity contribution in [1.82, 2.24) is 0 Å². The van der Waals surface area contributed by atoms with E-state index in [0.717, 1.165) is 17.7 Å². The number of benzene rings is 2. The number of aliphatic hydroxyl groups is 1. The van der Waals surface area contributed by atoms with E-state index < -0.39 is 5.54 Å². The van der Waals surface area contributed by atoms with E-state index in [-0.39, 0.29) is 12.4 Å². The average Bonchev–Trinajstić information content (AvgIpc) is 2.48. The van der Waals surface area contributed by atoms with Gasteiger partial charge in [0.2, 0.25) is 0 Å². The number of halogens is 1. The smallest absolute Gasteiger partial charge is 0.123 e. The molecule has 0 fully saturated rings. The summed E-state index contributed by atoms with van der Waals surface area (Å²) >= 11 is 0. The first-order valence-corrected chi connectivity index (χ1v) is 6.40. The zero-order chi connectivity index (χ0) is 13.7. The molecule has 0 saturated heterocycles. The van der Waals surface area contributed by atoms with Gasteiger partial charge in [-0.3, -0.25) is 0 Å². The second kappa shape index (κ2) is 5.85. The predicted octanol–water partition coefficient (Wildman–Crippen LogP) is 3.54. The molecular weight excluding hydrogens is 241 g/mol. The molecule has 0 saturated carbocycles. The second-order valence-corrected chi connectivity index (χ2v) is 4.59. The highest BCUT2D eigenvalue weighted by molar-refractivity contribution is 5.48. The van der Waals surface area contributed by atoms with Gasteiger partial charge in [-0.05, 0) is 36.2 Å². The van der Waals surface area contributed by atoms with Gasteiger partial charge in [-0.25, -0.2) is 4.39 Å². The van der Waals surface area contributed by atoms with Gasteiger partial charge in [0, 0.05) is 5.69 Å². The minimum atomic E-state index is -0.543. The van der Waals surface area contributed by atoms with Gasteiger partial charge in [0.05, 0.1) is 12.1 Å². The molecule has 0 spiro atoms. The summed E-state index contributed by atoms with van der Waals surface area (Å²) in [5, 5.41) is 13.1. The maximum absolute atomic E-state index is 12.9. The lowest BCUT2D eigenvalue weighted by molar-refractivity contribution is 0.207. The summed E-state index contributed by atoms with van der Waals surface area (Å²) in [6, 6.07) is 16.0. The molecule has 0 radical (unpaired) electrons.